The molecule has 1 amide bonds. The highest BCUT2D eigenvalue weighted by atomic mass is 16.5. The van der Waals surface area contributed by atoms with Gasteiger partial charge in [0.25, 0.3) is 5.91 Å². The topological polar surface area (TPSA) is 64.1 Å². The lowest BCUT2D eigenvalue weighted by Crippen LogP contribution is -2.48. The Balaban J connectivity index is 1.37. The van der Waals surface area contributed by atoms with E-state index in [1.165, 1.54) is 0 Å². The second-order valence-electron chi connectivity index (χ2n) is 6.97. The number of nitrogens with zero attached hydrogens (tertiary/aromatic N) is 3. The Bertz CT molecular complexity index is 815. The van der Waals surface area contributed by atoms with Crippen molar-refractivity contribution in [3.8, 4) is 11.6 Å². The van der Waals surface area contributed by atoms with Crippen molar-refractivity contribution in [1.82, 2.24) is 9.88 Å². The van der Waals surface area contributed by atoms with E-state index in [1.807, 2.05) is 23.1 Å². The van der Waals surface area contributed by atoms with Crippen molar-refractivity contribution in [1.29, 1.82) is 0 Å². The minimum absolute atomic E-state index is 0.0141. The van der Waals surface area contributed by atoms with Gasteiger partial charge in [0.1, 0.15) is 11.9 Å². The Morgan fingerprint density at radius 1 is 1.18 bits per heavy atom. The molecule has 148 valence electrons. The number of aromatic nitrogens is 1. The number of hydrogen-bond donors (Lipinski definition) is 0. The number of hydrogen-bond acceptors (Lipinski definition) is 6. The number of benzene rings is 1. The van der Waals surface area contributed by atoms with Crippen LogP contribution in [0.25, 0.3) is 0 Å². The monoisotopic (exact) mass is 383 g/mol. The molecule has 0 N–H and O–H groups in total. The van der Waals surface area contributed by atoms with E-state index >= 15 is 0 Å². The van der Waals surface area contributed by atoms with Gasteiger partial charge in [-0.3, -0.25) is 4.79 Å². The van der Waals surface area contributed by atoms with Crippen LogP contribution in [0.1, 0.15) is 16.8 Å². The number of pyridine rings is 1. The molecule has 7 nitrogen and oxygen atoms in total. The molecule has 3 heterocycles. The van der Waals surface area contributed by atoms with Gasteiger partial charge in [0.05, 0.1) is 20.3 Å². The number of methoxy groups -OCH3 is 1. The summed E-state index contributed by atoms with van der Waals surface area (Å²) >= 11 is 0. The summed E-state index contributed by atoms with van der Waals surface area (Å²) in [6, 6.07) is 11.5. The smallest absolute Gasteiger partial charge is 0.254 e. The van der Waals surface area contributed by atoms with E-state index in [-0.39, 0.29) is 12.0 Å². The average Bonchev–Trinajstić information content (AvgIpc) is 3.26. The average molecular weight is 383 g/mol. The van der Waals surface area contributed by atoms with Crippen LogP contribution in [0.15, 0.2) is 42.6 Å². The zero-order valence-electron chi connectivity index (χ0n) is 16.0. The molecule has 4 rings (SSSR count). The molecule has 2 aliphatic rings. The molecule has 0 bridgehead atoms. The maximum absolute atomic E-state index is 12.9. The third-order valence-electron chi connectivity index (χ3n) is 5.14. The maximum atomic E-state index is 12.9. The first kappa shape index (κ1) is 18.6. The van der Waals surface area contributed by atoms with E-state index in [4.69, 9.17) is 14.2 Å². The lowest BCUT2D eigenvalue weighted by Gasteiger charge is -2.36. The Hall–Kier alpha value is -2.80. The van der Waals surface area contributed by atoms with Gasteiger partial charge in [0.15, 0.2) is 0 Å². The minimum atomic E-state index is 0.0141. The molecule has 28 heavy (non-hydrogen) atoms. The predicted molar refractivity (Wildman–Crippen MR) is 105 cm³/mol. The van der Waals surface area contributed by atoms with Crippen molar-refractivity contribution in [2.24, 2.45) is 0 Å². The molecule has 7 heteroatoms. The van der Waals surface area contributed by atoms with Gasteiger partial charge >= 0.3 is 0 Å². The third-order valence-corrected chi connectivity index (χ3v) is 5.14. The zero-order valence-corrected chi connectivity index (χ0v) is 16.0. The van der Waals surface area contributed by atoms with Crippen LogP contribution in [-0.4, -0.2) is 68.4 Å². The summed E-state index contributed by atoms with van der Waals surface area (Å²) in [6.45, 7) is 4.20. The predicted octanol–water partition coefficient (Wildman–Crippen LogP) is 2.22. The number of amides is 1. The molecule has 2 aliphatic heterocycles. The summed E-state index contributed by atoms with van der Waals surface area (Å²) in [7, 11) is 1.67. The van der Waals surface area contributed by atoms with Crippen LogP contribution in [0, 0.1) is 0 Å². The first-order chi connectivity index (χ1) is 13.7. The fourth-order valence-electron chi connectivity index (χ4n) is 3.54. The molecular formula is C21H25N3O4. The van der Waals surface area contributed by atoms with Gasteiger partial charge < -0.3 is 24.0 Å². The Morgan fingerprint density at radius 2 is 2.04 bits per heavy atom. The lowest BCUT2D eigenvalue weighted by molar-refractivity contribution is 0.0745. The Kier molecular flexibility index (Phi) is 5.62. The number of rotatable bonds is 5. The zero-order chi connectivity index (χ0) is 19.3. The molecule has 0 saturated carbocycles. The van der Waals surface area contributed by atoms with Gasteiger partial charge in [-0.25, -0.2) is 4.98 Å². The molecule has 2 fully saturated rings. The van der Waals surface area contributed by atoms with Crippen molar-refractivity contribution in [3.63, 3.8) is 0 Å². The van der Waals surface area contributed by atoms with Crippen LogP contribution in [0.5, 0.6) is 11.6 Å². The lowest BCUT2D eigenvalue weighted by atomic mass is 10.2. The van der Waals surface area contributed by atoms with Gasteiger partial charge in [-0.2, -0.15) is 0 Å². The first-order valence-corrected chi connectivity index (χ1v) is 9.61. The summed E-state index contributed by atoms with van der Waals surface area (Å²) in [5.41, 5.74) is 1.73. The molecule has 2 saturated heterocycles. The van der Waals surface area contributed by atoms with E-state index in [0.717, 1.165) is 30.9 Å². The molecule has 0 spiro atoms. The van der Waals surface area contributed by atoms with E-state index < -0.39 is 0 Å². The summed E-state index contributed by atoms with van der Waals surface area (Å²) in [6.07, 6.45) is 2.50. The van der Waals surface area contributed by atoms with Gasteiger partial charge in [-0.05, 0) is 18.2 Å². The van der Waals surface area contributed by atoms with Gasteiger partial charge in [0.2, 0.25) is 5.88 Å². The number of carbonyl (C=O) groups is 1. The summed E-state index contributed by atoms with van der Waals surface area (Å²) < 4.78 is 16.5. The number of piperazine rings is 1. The molecule has 0 aliphatic carbocycles. The normalized spacial score (nSPS) is 19.5. The Labute approximate surface area is 164 Å². The molecule has 0 radical (unpaired) electrons. The van der Waals surface area contributed by atoms with E-state index in [2.05, 4.69) is 16.0 Å². The number of anilines is 1. The van der Waals surface area contributed by atoms with Crippen LogP contribution in [0.3, 0.4) is 0 Å². The van der Waals surface area contributed by atoms with Crippen LogP contribution in [-0.2, 0) is 4.74 Å². The molecule has 1 atom stereocenters. The summed E-state index contributed by atoms with van der Waals surface area (Å²) in [4.78, 5) is 21.3. The van der Waals surface area contributed by atoms with Crippen molar-refractivity contribution < 1.29 is 19.0 Å². The van der Waals surface area contributed by atoms with Crippen LogP contribution in [0.4, 0.5) is 5.69 Å². The molecule has 1 unspecified atom stereocenters. The second-order valence-corrected chi connectivity index (χ2v) is 6.97. The van der Waals surface area contributed by atoms with E-state index in [1.54, 1.807) is 25.4 Å². The standard InChI is InChI=1S/C21H25N3O4/c1-26-18-4-2-3-17(14-18)23-8-10-24(11-9-23)21(25)16-5-7-22-20(13-16)28-19-6-12-27-15-19/h2-5,7,13-14,19H,6,8-12,15H2,1H3. The van der Waals surface area contributed by atoms with Crippen molar-refractivity contribution in [2.75, 3.05) is 51.4 Å². The fourth-order valence-corrected chi connectivity index (χ4v) is 3.54. The summed E-state index contributed by atoms with van der Waals surface area (Å²) in [5.74, 6) is 1.34. The van der Waals surface area contributed by atoms with Crippen molar-refractivity contribution in [2.45, 2.75) is 12.5 Å². The molecule has 2 aromatic rings. The van der Waals surface area contributed by atoms with E-state index in [0.29, 0.717) is 37.7 Å². The molecule has 1 aromatic heterocycles. The molecular weight excluding hydrogens is 358 g/mol. The first-order valence-electron chi connectivity index (χ1n) is 9.61. The third kappa shape index (κ3) is 4.20. The SMILES string of the molecule is COc1cccc(N2CCN(C(=O)c3ccnc(OC4CCOC4)c3)CC2)c1. The van der Waals surface area contributed by atoms with Crippen LogP contribution >= 0.6 is 0 Å². The minimum Gasteiger partial charge on any atom is -0.497 e. The van der Waals surface area contributed by atoms with Gasteiger partial charge in [0, 0.05) is 62.2 Å². The van der Waals surface area contributed by atoms with E-state index in [9.17, 15) is 4.79 Å². The second kappa shape index (κ2) is 8.48. The van der Waals surface area contributed by atoms with Crippen molar-refractivity contribution >= 4 is 11.6 Å². The maximum Gasteiger partial charge on any atom is 0.254 e. The van der Waals surface area contributed by atoms with Crippen LogP contribution in [0.2, 0.25) is 0 Å². The number of ether oxygens (including phenoxy) is 3. The highest BCUT2D eigenvalue weighted by Crippen LogP contribution is 2.23. The van der Waals surface area contributed by atoms with Crippen LogP contribution < -0.4 is 14.4 Å². The largest absolute Gasteiger partial charge is 0.497 e. The quantitative estimate of drug-likeness (QED) is 0.789. The number of carbonyl (C=O) groups excluding carboxylic acids is 1. The fraction of sp³-hybridized carbons (Fsp3) is 0.429. The summed E-state index contributed by atoms with van der Waals surface area (Å²) in [5, 5.41) is 0. The highest BCUT2D eigenvalue weighted by Gasteiger charge is 2.24. The van der Waals surface area contributed by atoms with Gasteiger partial charge in [-0.15, -0.1) is 0 Å². The molecule has 1 aromatic carbocycles. The van der Waals surface area contributed by atoms with Crippen molar-refractivity contribution in [3.05, 3.63) is 48.2 Å². The van der Waals surface area contributed by atoms with Gasteiger partial charge in [-0.1, -0.05) is 6.07 Å². The Morgan fingerprint density at radius 3 is 2.79 bits per heavy atom. The highest BCUT2D eigenvalue weighted by molar-refractivity contribution is 5.94.